The van der Waals surface area contributed by atoms with Crippen molar-refractivity contribution in [2.75, 3.05) is 0 Å². The molecule has 178 valence electrons. The summed E-state index contributed by atoms with van der Waals surface area (Å²) in [6, 6.07) is 9.37. The first kappa shape index (κ1) is 24.9. The van der Waals surface area contributed by atoms with Crippen molar-refractivity contribution in [3.63, 3.8) is 0 Å². The molecule has 0 aliphatic carbocycles. The molecular weight excluding hydrogens is 412 g/mol. The monoisotopic (exact) mass is 450 g/mol. The molecule has 0 spiro atoms. The van der Waals surface area contributed by atoms with Crippen LogP contribution in [-0.4, -0.2) is 15.9 Å². The van der Waals surface area contributed by atoms with Crippen molar-refractivity contribution in [3.05, 3.63) is 42.1 Å². The Morgan fingerprint density at radius 2 is 1.58 bits per heavy atom. The summed E-state index contributed by atoms with van der Waals surface area (Å²) in [5.74, 6) is 0.700. The predicted molar refractivity (Wildman–Crippen MR) is 133 cm³/mol. The Morgan fingerprint density at radius 3 is 2.24 bits per heavy atom. The summed E-state index contributed by atoms with van der Waals surface area (Å²) < 4.78 is 11.5. The van der Waals surface area contributed by atoms with E-state index in [9.17, 15) is 4.79 Å². The maximum Gasteiger partial charge on any atom is 0.311 e. The molecule has 0 bridgehead atoms. The van der Waals surface area contributed by atoms with Gasteiger partial charge in [0, 0.05) is 12.6 Å². The van der Waals surface area contributed by atoms with E-state index in [1.165, 1.54) is 64.2 Å². The molecule has 0 N–H and O–H groups in total. The molecule has 2 aromatic heterocycles. The largest absolute Gasteiger partial charge is 0.426 e. The molecule has 3 rings (SSSR count). The number of fused-ring (bicyclic) bond motifs is 1. The molecule has 0 atom stereocenters. The van der Waals surface area contributed by atoms with E-state index in [1.54, 1.807) is 6.20 Å². The third-order valence-electron chi connectivity index (χ3n) is 5.99. The lowest BCUT2D eigenvalue weighted by molar-refractivity contribution is -0.134. The first-order valence-electron chi connectivity index (χ1n) is 12.7. The van der Waals surface area contributed by atoms with Gasteiger partial charge in [0.25, 0.3) is 0 Å². The van der Waals surface area contributed by atoms with Crippen molar-refractivity contribution in [2.45, 2.75) is 97.3 Å². The van der Waals surface area contributed by atoms with Gasteiger partial charge in [-0.3, -0.25) is 4.79 Å². The van der Waals surface area contributed by atoms with Crippen LogP contribution in [0.25, 0.3) is 22.7 Å². The fraction of sp³-hybridized carbons (Fsp3) is 0.536. The SMILES string of the molecule is CCCCCCCCCCCCCCC(=O)Oc1cc(C)ccc1-c1nc2cccnc2o1. The van der Waals surface area contributed by atoms with Crippen LogP contribution in [0.3, 0.4) is 0 Å². The maximum atomic E-state index is 12.5. The van der Waals surface area contributed by atoms with E-state index in [-0.39, 0.29) is 5.97 Å². The molecule has 5 heteroatoms. The van der Waals surface area contributed by atoms with Gasteiger partial charge in [0.1, 0.15) is 11.3 Å². The highest BCUT2D eigenvalue weighted by Gasteiger charge is 2.16. The lowest BCUT2D eigenvalue weighted by Crippen LogP contribution is -2.08. The second kappa shape index (κ2) is 13.8. The average Bonchev–Trinajstić information content (AvgIpc) is 3.24. The Labute approximate surface area is 198 Å². The zero-order chi connectivity index (χ0) is 23.3. The van der Waals surface area contributed by atoms with Gasteiger partial charge in [-0.25, -0.2) is 9.97 Å². The van der Waals surface area contributed by atoms with E-state index >= 15 is 0 Å². The van der Waals surface area contributed by atoms with E-state index in [0.29, 0.717) is 34.9 Å². The molecule has 5 nitrogen and oxygen atoms in total. The van der Waals surface area contributed by atoms with Crippen LogP contribution in [0.4, 0.5) is 0 Å². The van der Waals surface area contributed by atoms with Crippen LogP contribution in [0.15, 0.2) is 40.9 Å². The Balaban J connectivity index is 1.38. The summed E-state index contributed by atoms with van der Waals surface area (Å²) in [4.78, 5) is 21.2. The van der Waals surface area contributed by atoms with Gasteiger partial charge in [-0.1, -0.05) is 83.6 Å². The van der Waals surface area contributed by atoms with Crippen LogP contribution in [-0.2, 0) is 4.79 Å². The van der Waals surface area contributed by atoms with Crippen molar-refractivity contribution in [1.29, 1.82) is 0 Å². The number of benzene rings is 1. The number of nitrogens with zero attached hydrogens (tertiary/aromatic N) is 2. The quantitative estimate of drug-likeness (QED) is 0.133. The van der Waals surface area contributed by atoms with Gasteiger partial charge in [-0.05, 0) is 43.2 Å². The van der Waals surface area contributed by atoms with E-state index in [1.807, 2.05) is 37.3 Å². The number of hydrogen-bond donors (Lipinski definition) is 0. The Kier molecular flexibility index (Phi) is 10.4. The van der Waals surface area contributed by atoms with Gasteiger partial charge in [0.05, 0.1) is 5.56 Å². The van der Waals surface area contributed by atoms with Crippen LogP contribution < -0.4 is 4.74 Å². The summed E-state index contributed by atoms with van der Waals surface area (Å²) in [6.07, 6.45) is 17.4. The number of ether oxygens (including phenoxy) is 1. The smallest absolute Gasteiger partial charge is 0.311 e. The van der Waals surface area contributed by atoms with E-state index in [2.05, 4.69) is 16.9 Å². The van der Waals surface area contributed by atoms with Crippen LogP contribution in [0.5, 0.6) is 5.75 Å². The third kappa shape index (κ3) is 8.30. The van der Waals surface area contributed by atoms with Crippen LogP contribution >= 0.6 is 0 Å². The molecule has 0 fully saturated rings. The number of hydrogen-bond acceptors (Lipinski definition) is 5. The standard InChI is InChI=1S/C28H38N2O3/c1-3-4-5-6-7-8-9-10-11-12-13-14-17-26(31)32-25-21-22(2)18-19-23(25)27-30-24-16-15-20-29-28(24)33-27/h15-16,18-21H,3-14,17H2,1-2H3. The topological polar surface area (TPSA) is 65.2 Å². The molecule has 0 saturated carbocycles. The first-order valence-corrected chi connectivity index (χ1v) is 12.7. The van der Waals surface area contributed by atoms with Crippen molar-refractivity contribution in [1.82, 2.24) is 9.97 Å². The first-order chi connectivity index (χ1) is 16.2. The number of pyridine rings is 1. The number of aryl methyl sites for hydroxylation is 1. The van der Waals surface area contributed by atoms with Crippen molar-refractivity contribution < 1.29 is 13.9 Å². The summed E-state index contributed by atoms with van der Waals surface area (Å²) in [7, 11) is 0. The van der Waals surface area contributed by atoms with Crippen molar-refractivity contribution in [3.8, 4) is 17.2 Å². The number of oxazole rings is 1. The lowest BCUT2D eigenvalue weighted by atomic mass is 10.0. The molecule has 1 aromatic carbocycles. The minimum atomic E-state index is -0.205. The molecule has 33 heavy (non-hydrogen) atoms. The highest BCUT2D eigenvalue weighted by atomic mass is 16.5. The van der Waals surface area contributed by atoms with E-state index in [4.69, 9.17) is 9.15 Å². The van der Waals surface area contributed by atoms with Gasteiger partial charge >= 0.3 is 5.97 Å². The normalized spacial score (nSPS) is 11.2. The zero-order valence-electron chi connectivity index (χ0n) is 20.3. The fourth-order valence-electron chi connectivity index (χ4n) is 4.06. The Bertz CT molecular complexity index is 963. The molecular formula is C28H38N2O3. The minimum absolute atomic E-state index is 0.205. The second-order valence-corrected chi connectivity index (χ2v) is 8.96. The maximum absolute atomic E-state index is 12.5. The molecule has 0 saturated heterocycles. The number of carbonyl (C=O) groups excluding carboxylic acids is 1. The van der Waals surface area contributed by atoms with Gasteiger partial charge in [-0.2, -0.15) is 0 Å². The van der Waals surface area contributed by atoms with Crippen LogP contribution in [0.1, 0.15) is 96.0 Å². The Morgan fingerprint density at radius 1 is 0.909 bits per heavy atom. The molecule has 0 radical (unpaired) electrons. The molecule has 0 amide bonds. The predicted octanol–water partition coefficient (Wildman–Crippen LogP) is 8.19. The lowest BCUT2D eigenvalue weighted by Gasteiger charge is -2.09. The van der Waals surface area contributed by atoms with Gasteiger partial charge in [-0.15, -0.1) is 0 Å². The summed E-state index contributed by atoms with van der Waals surface area (Å²) in [5.41, 5.74) is 2.84. The van der Waals surface area contributed by atoms with Gasteiger partial charge in [0.15, 0.2) is 0 Å². The minimum Gasteiger partial charge on any atom is -0.426 e. The highest BCUT2D eigenvalue weighted by molar-refractivity contribution is 5.78. The van der Waals surface area contributed by atoms with Crippen LogP contribution in [0.2, 0.25) is 0 Å². The van der Waals surface area contributed by atoms with E-state index in [0.717, 1.165) is 18.4 Å². The number of rotatable bonds is 15. The number of aromatic nitrogens is 2. The van der Waals surface area contributed by atoms with Gasteiger partial charge < -0.3 is 9.15 Å². The van der Waals surface area contributed by atoms with Crippen molar-refractivity contribution in [2.24, 2.45) is 0 Å². The molecule has 0 unspecified atom stereocenters. The number of carbonyl (C=O) groups is 1. The number of esters is 1. The van der Waals surface area contributed by atoms with Gasteiger partial charge in [0.2, 0.25) is 11.6 Å². The average molecular weight is 451 g/mol. The van der Waals surface area contributed by atoms with Crippen molar-refractivity contribution >= 4 is 17.2 Å². The fourth-order valence-corrected chi connectivity index (χ4v) is 4.06. The molecule has 2 heterocycles. The number of unbranched alkanes of at least 4 members (excludes halogenated alkanes) is 11. The molecule has 0 aliphatic rings. The summed E-state index contributed by atoms with van der Waals surface area (Å²) >= 11 is 0. The molecule has 3 aromatic rings. The van der Waals surface area contributed by atoms with Crippen LogP contribution in [0, 0.1) is 6.92 Å². The third-order valence-corrected chi connectivity index (χ3v) is 5.99. The Hall–Kier alpha value is -2.69. The zero-order valence-corrected chi connectivity index (χ0v) is 20.3. The summed E-state index contributed by atoms with van der Waals surface area (Å²) in [6.45, 7) is 4.23. The van der Waals surface area contributed by atoms with E-state index < -0.39 is 0 Å². The molecule has 0 aliphatic heterocycles. The second-order valence-electron chi connectivity index (χ2n) is 8.96. The highest BCUT2D eigenvalue weighted by Crippen LogP contribution is 2.32. The summed E-state index contributed by atoms with van der Waals surface area (Å²) in [5, 5.41) is 0.